The molecule has 0 aliphatic heterocycles. The summed E-state index contributed by atoms with van der Waals surface area (Å²) < 4.78 is 0. The molecule has 3 heteroatoms. The van der Waals surface area contributed by atoms with Crippen LogP contribution in [0.1, 0.15) is 41.7 Å². The SMILES string of the molecule is Cc1ccc(CCCNC(C)C(O)c2ccc(O)c(C)c2)cc1. The van der Waals surface area contributed by atoms with Gasteiger partial charge >= 0.3 is 0 Å². The van der Waals surface area contributed by atoms with E-state index in [1.807, 2.05) is 19.9 Å². The number of nitrogens with one attached hydrogen (secondary N) is 1. The van der Waals surface area contributed by atoms with Crippen molar-refractivity contribution in [1.82, 2.24) is 5.32 Å². The van der Waals surface area contributed by atoms with Crippen LogP contribution in [0.5, 0.6) is 5.75 Å². The average molecular weight is 313 g/mol. The lowest BCUT2D eigenvalue weighted by Gasteiger charge is -2.21. The number of aromatic hydroxyl groups is 1. The summed E-state index contributed by atoms with van der Waals surface area (Å²) in [5.74, 6) is 0.264. The fraction of sp³-hybridized carbons (Fsp3) is 0.400. The second kappa shape index (κ2) is 8.14. The molecule has 3 N–H and O–H groups in total. The summed E-state index contributed by atoms with van der Waals surface area (Å²) in [5.41, 5.74) is 4.25. The first kappa shape index (κ1) is 17.5. The maximum atomic E-state index is 10.4. The molecule has 2 unspecified atom stereocenters. The van der Waals surface area contributed by atoms with Gasteiger partial charge in [-0.2, -0.15) is 0 Å². The Morgan fingerprint density at radius 1 is 1.04 bits per heavy atom. The molecule has 124 valence electrons. The van der Waals surface area contributed by atoms with Gasteiger partial charge in [0.05, 0.1) is 6.10 Å². The molecule has 0 saturated carbocycles. The number of hydrogen-bond acceptors (Lipinski definition) is 3. The summed E-state index contributed by atoms with van der Waals surface area (Å²) in [6.07, 6.45) is 1.50. The number of phenolic OH excluding ortho intramolecular Hbond substituents is 1. The van der Waals surface area contributed by atoms with Gasteiger partial charge < -0.3 is 15.5 Å². The highest BCUT2D eigenvalue weighted by atomic mass is 16.3. The van der Waals surface area contributed by atoms with E-state index >= 15 is 0 Å². The van der Waals surface area contributed by atoms with E-state index in [2.05, 4.69) is 36.5 Å². The third-order valence-corrected chi connectivity index (χ3v) is 4.27. The van der Waals surface area contributed by atoms with Gasteiger partial charge in [0, 0.05) is 6.04 Å². The fourth-order valence-corrected chi connectivity index (χ4v) is 2.64. The zero-order chi connectivity index (χ0) is 16.8. The number of phenols is 1. The molecule has 2 aromatic rings. The topological polar surface area (TPSA) is 52.5 Å². The van der Waals surface area contributed by atoms with Gasteiger partial charge in [0.15, 0.2) is 0 Å². The molecule has 0 aromatic heterocycles. The predicted octanol–water partition coefficient (Wildman–Crippen LogP) is 3.65. The van der Waals surface area contributed by atoms with Crippen molar-refractivity contribution in [2.75, 3.05) is 6.54 Å². The largest absolute Gasteiger partial charge is 0.508 e. The molecule has 0 radical (unpaired) electrons. The molecule has 2 aromatic carbocycles. The van der Waals surface area contributed by atoms with E-state index in [1.54, 1.807) is 12.1 Å². The lowest BCUT2D eigenvalue weighted by molar-refractivity contribution is 0.136. The number of aliphatic hydroxyl groups excluding tert-OH is 1. The molecule has 23 heavy (non-hydrogen) atoms. The third kappa shape index (κ3) is 5.08. The lowest BCUT2D eigenvalue weighted by Crippen LogP contribution is -2.33. The number of aliphatic hydroxyl groups is 1. The van der Waals surface area contributed by atoms with E-state index in [0.717, 1.165) is 30.5 Å². The zero-order valence-electron chi connectivity index (χ0n) is 14.2. The normalized spacial score (nSPS) is 13.7. The first-order valence-electron chi connectivity index (χ1n) is 8.24. The van der Waals surface area contributed by atoms with Crippen LogP contribution in [0.4, 0.5) is 0 Å². The molecule has 0 saturated heterocycles. The fourth-order valence-electron chi connectivity index (χ4n) is 2.64. The van der Waals surface area contributed by atoms with Gasteiger partial charge in [-0.25, -0.2) is 0 Å². The Hall–Kier alpha value is -1.84. The lowest BCUT2D eigenvalue weighted by atomic mass is 10.0. The van der Waals surface area contributed by atoms with Crippen molar-refractivity contribution in [1.29, 1.82) is 0 Å². The number of hydrogen-bond donors (Lipinski definition) is 3. The van der Waals surface area contributed by atoms with Crippen LogP contribution < -0.4 is 5.32 Å². The maximum Gasteiger partial charge on any atom is 0.118 e. The Kier molecular flexibility index (Phi) is 6.20. The minimum absolute atomic E-state index is 0.0306. The second-order valence-electron chi connectivity index (χ2n) is 6.32. The number of aryl methyl sites for hydroxylation is 3. The van der Waals surface area contributed by atoms with Crippen LogP contribution >= 0.6 is 0 Å². The molecule has 0 fully saturated rings. The molecular formula is C20H27NO2. The average Bonchev–Trinajstić information content (AvgIpc) is 2.55. The highest BCUT2D eigenvalue weighted by Crippen LogP contribution is 2.23. The van der Waals surface area contributed by atoms with Crippen LogP contribution in [0.3, 0.4) is 0 Å². The molecule has 0 aliphatic carbocycles. The van der Waals surface area contributed by atoms with Crippen molar-refractivity contribution >= 4 is 0 Å². The summed E-state index contributed by atoms with van der Waals surface area (Å²) in [6.45, 7) is 6.78. The summed E-state index contributed by atoms with van der Waals surface area (Å²) in [4.78, 5) is 0. The van der Waals surface area contributed by atoms with Crippen molar-refractivity contribution < 1.29 is 10.2 Å². The zero-order valence-corrected chi connectivity index (χ0v) is 14.2. The molecular weight excluding hydrogens is 286 g/mol. The molecule has 3 nitrogen and oxygen atoms in total. The van der Waals surface area contributed by atoms with Gasteiger partial charge in [0.2, 0.25) is 0 Å². The molecule has 0 bridgehead atoms. The van der Waals surface area contributed by atoms with Crippen LogP contribution in [0.2, 0.25) is 0 Å². The van der Waals surface area contributed by atoms with Crippen LogP contribution in [0, 0.1) is 13.8 Å². The Bertz CT molecular complexity index is 622. The minimum Gasteiger partial charge on any atom is -0.508 e. The van der Waals surface area contributed by atoms with Gasteiger partial charge in [-0.3, -0.25) is 0 Å². The van der Waals surface area contributed by atoms with Crippen molar-refractivity contribution in [3.8, 4) is 5.75 Å². The Balaban J connectivity index is 1.78. The number of benzene rings is 2. The molecule has 0 spiro atoms. The smallest absolute Gasteiger partial charge is 0.118 e. The highest BCUT2D eigenvalue weighted by Gasteiger charge is 2.16. The first-order chi connectivity index (χ1) is 11.0. The van der Waals surface area contributed by atoms with Gasteiger partial charge in [0.1, 0.15) is 5.75 Å². The van der Waals surface area contributed by atoms with Crippen molar-refractivity contribution in [2.45, 2.75) is 45.8 Å². The van der Waals surface area contributed by atoms with Crippen molar-refractivity contribution in [3.05, 3.63) is 64.7 Å². The summed E-state index contributed by atoms with van der Waals surface area (Å²) in [5, 5.41) is 23.4. The summed E-state index contributed by atoms with van der Waals surface area (Å²) in [7, 11) is 0. The Labute approximate surface area is 139 Å². The minimum atomic E-state index is -0.575. The quantitative estimate of drug-likeness (QED) is 0.684. The molecule has 0 amide bonds. The van der Waals surface area contributed by atoms with E-state index < -0.39 is 6.10 Å². The van der Waals surface area contributed by atoms with Crippen LogP contribution in [0.25, 0.3) is 0 Å². The maximum absolute atomic E-state index is 10.4. The molecule has 2 rings (SSSR count). The second-order valence-corrected chi connectivity index (χ2v) is 6.32. The van der Waals surface area contributed by atoms with E-state index in [0.29, 0.717) is 0 Å². The van der Waals surface area contributed by atoms with Gasteiger partial charge in [0.25, 0.3) is 0 Å². The number of rotatable bonds is 7. The molecule has 0 heterocycles. The summed E-state index contributed by atoms with van der Waals surface area (Å²) >= 11 is 0. The van der Waals surface area contributed by atoms with Crippen LogP contribution in [-0.2, 0) is 6.42 Å². The van der Waals surface area contributed by atoms with E-state index in [-0.39, 0.29) is 11.8 Å². The van der Waals surface area contributed by atoms with Crippen molar-refractivity contribution in [3.63, 3.8) is 0 Å². The van der Waals surface area contributed by atoms with Crippen molar-refractivity contribution in [2.24, 2.45) is 0 Å². The van der Waals surface area contributed by atoms with Crippen LogP contribution in [-0.4, -0.2) is 22.8 Å². The standard InChI is InChI=1S/C20H27NO2/c1-14-6-8-17(9-7-14)5-4-12-21-16(3)20(23)18-10-11-19(22)15(2)13-18/h6-11,13,16,20-23H,4-5,12H2,1-3H3. The summed E-state index contributed by atoms with van der Waals surface area (Å²) in [6, 6.07) is 13.8. The van der Waals surface area contributed by atoms with E-state index in [1.165, 1.54) is 11.1 Å². The van der Waals surface area contributed by atoms with E-state index in [4.69, 9.17) is 0 Å². The van der Waals surface area contributed by atoms with Gasteiger partial charge in [-0.1, -0.05) is 35.9 Å². The highest BCUT2D eigenvalue weighted by molar-refractivity contribution is 5.36. The van der Waals surface area contributed by atoms with E-state index in [9.17, 15) is 10.2 Å². The van der Waals surface area contributed by atoms with Gasteiger partial charge in [-0.05, 0) is 69.0 Å². The monoisotopic (exact) mass is 313 g/mol. The molecule has 0 aliphatic rings. The first-order valence-corrected chi connectivity index (χ1v) is 8.24. The Morgan fingerprint density at radius 2 is 1.74 bits per heavy atom. The predicted molar refractivity (Wildman–Crippen MR) is 94.8 cm³/mol. The van der Waals surface area contributed by atoms with Crippen LogP contribution in [0.15, 0.2) is 42.5 Å². The van der Waals surface area contributed by atoms with Gasteiger partial charge in [-0.15, -0.1) is 0 Å². The Morgan fingerprint density at radius 3 is 2.39 bits per heavy atom. The third-order valence-electron chi connectivity index (χ3n) is 4.27. The molecule has 2 atom stereocenters.